The van der Waals surface area contributed by atoms with Crippen molar-refractivity contribution in [1.82, 2.24) is 5.32 Å². The van der Waals surface area contributed by atoms with Gasteiger partial charge in [-0.05, 0) is 41.1 Å². The number of halogens is 1. The van der Waals surface area contributed by atoms with Gasteiger partial charge < -0.3 is 11.1 Å². The molecule has 0 aromatic heterocycles. The largest absolute Gasteiger partial charge is 0.370 e. The van der Waals surface area contributed by atoms with E-state index < -0.39 is 5.91 Å². The average Bonchev–Trinajstić information content (AvgIpc) is 2.20. The fraction of sp³-hybridized carbons (Fsp3) is 0.273. The number of benzene rings is 1. The van der Waals surface area contributed by atoms with Crippen LogP contribution in [0.3, 0.4) is 0 Å². The summed E-state index contributed by atoms with van der Waals surface area (Å²) in [5.41, 5.74) is 5.53. The first-order valence-corrected chi connectivity index (χ1v) is 6.22. The molecule has 0 aliphatic heterocycles. The van der Waals surface area contributed by atoms with E-state index in [0.717, 1.165) is 0 Å². The number of carbonyl (C=O) groups excluding carboxylic acids is 2. The lowest BCUT2D eigenvalue weighted by atomic mass is 10.1. The highest BCUT2D eigenvalue weighted by Crippen LogP contribution is 2.20. The summed E-state index contributed by atoms with van der Waals surface area (Å²) in [5, 5.41) is 2.69. The highest BCUT2D eigenvalue weighted by atomic mass is 79.9. The second-order valence-corrected chi connectivity index (χ2v) is 5.08. The number of nitrogens with one attached hydrogen (secondary N) is 1. The minimum Gasteiger partial charge on any atom is -0.370 e. The first-order valence-electron chi connectivity index (χ1n) is 4.98. The molecule has 1 rings (SSSR count). The second kappa shape index (κ2) is 6.07. The van der Waals surface area contributed by atoms with Crippen LogP contribution < -0.4 is 11.1 Å². The summed E-state index contributed by atoms with van der Waals surface area (Å²) in [5.74, 6) is -0.707. The van der Waals surface area contributed by atoms with Crippen LogP contribution in [0.1, 0.15) is 23.7 Å². The smallest absolute Gasteiger partial charge is 0.252 e. The molecule has 0 saturated carbocycles. The quantitative estimate of drug-likeness (QED) is 0.740. The van der Waals surface area contributed by atoms with Gasteiger partial charge in [-0.2, -0.15) is 0 Å². The zero-order valence-electron chi connectivity index (χ0n) is 9.24. The van der Waals surface area contributed by atoms with Crippen molar-refractivity contribution in [3.8, 4) is 0 Å². The number of thiol groups is 1. The van der Waals surface area contributed by atoms with Gasteiger partial charge in [-0.25, -0.2) is 0 Å². The number of hydrogen-bond donors (Lipinski definition) is 3. The average molecular weight is 317 g/mol. The van der Waals surface area contributed by atoms with Gasteiger partial charge in [-0.15, -0.1) is 12.6 Å². The molecule has 1 aromatic rings. The van der Waals surface area contributed by atoms with Crippen molar-refractivity contribution in [3.63, 3.8) is 0 Å². The molecule has 1 unspecified atom stereocenters. The number of primary amides is 1. The highest BCUT2D eigenvalue weighted by Gasteiger charge is 2.14. The van der Waals surface area contributed by atoms with Gasteiger partial charge in [0.15, 0.2) is 0 Å². The molecule has 4 nitrogen and oxygen atoms in total. The minimum atomic E-state index is -0.445. The van der Waals surface area contributed by atoms with Gasteiger partial charge in [-0.1, -0.05) is 0 Å². The summed E-state index contributed by atoms with van der Waals surface area (Å²) in [6.45, 7) is 1.72. The fourth-order valence-electron chi connectivity index (χ4n) is 1.34. The lowest BCUT2D eigenvalue weighted by Crippen LogP contribution is -2.35. The molecule has 2 amide bonds. The van der Waals surface area contributed by atoms with Gasteiger partial charge in [0.1, 0.15) is 0 Å². The lowest BCUT2D eigenvalue weighted by molar-refractivity contribution is -0.118. The van der Waals surface area contributed by atoms with Gasteiger partial charge in [0.25, 0.3) is 5.91 Å². The van der Waals surface area contributed by atoms with Crippen molar-refractivity contribution < 1.29 is 9.59 Å². The number of amides is 2. The molecule has 0 heterocycles. The zero-order chi connectivity index (χ0) is 13.0. The van der Waals surface area contributed by atoms with Crippen LogP contribution in [0.2, 0.25) is 0 Å². The van der Waals surface area contributed by atoms with Crippen molar-refractivity contribution in [3.05, 3.63) is 28.2 Å². The molecule has 6 heteroatoms. The third kappa shape index (κ3) is 4.40. The summed E-state index contributed by atoms with van der Waals surface area (Å²) < 4.78 is 0.680. The Hall–Kier alpha value is -1.01. The maximum absolute atomic E-state index is 11.9. The van der Waals surface area contributed by atoms with Crippen molar-refractivity contribution in [1.29, 1.82) is 0 Å². The molecule has 0 radical (unpaired) electrons. The molecule has 3 N–H and O–H groups in total. The summed E-state index contributed by atoms with van der Waals surface area (Å²) in [4.78, 5) is 23.3. The highest BCUT2D eigenvalue weighted by molar-refractivity contribution is 9.10. The first kappa shape index (κ1) is 14.1. The standard InChI is InChI=1S/C11H13BrN2O2S/c1-6(4-10(13)15)14-11(16)8-5-7(17)2-3-9(8)12/h2-3,5-6,17H,4H2,1H3,(H2,13,15)(H,14,16). The normalized spacial score (nSPS) is 11.9. The van der Waals surface area contributed by atoms with E-state index in [0.29, 0.717) is 14.9 Å². The fourth-order valence-corrected chi connectivity index (χ4v) is 1.97. The lowest BCUT2D eigenvalue weighted by Gasteiger charge is -2.13. The van der Waals surface area contributed by atoms with Gasteiger partial charge in [0.2, 0.25) is 5.91 Å². The van der Waals surface area contributed by atoms with Crippen LogP contribution in [0.25, 0.3) is 0 Å². The summed E-state index contributed by atoms with van der Waals surface area (Å²) >= 11 is 7.45. The van der Waals surface area contributed by atoms with Gasteiger partial charge in [0, 0.05) is 21.8 Å². The topological polar surface area (TPSA) is 72.2 Å². The van der Waals surface area contributed by atoms with Crippen LogP contribution in [-0.2, 0) is 4.79 Å². The van der Waals surface area contributed by atoms with Crippen LogP contribution in [0.5, 0.6) is 0 Å². The Bertz CT molecular complexity index is 451. The number of rotatable bonds is 4. The molecule has 0 bridgehead atoms. The van der Waals surface area contributed by atoms with E-state index in [1.54, 1.807) is 25.1 Å². The molecule has 0 aliphatic carbocycles. The van der Waals surface area contributed by atoms with Crippen LogP contribution >= 0.6 is 28.6 Å². The molecule has 0 fully saturated rings. The monoisotopic (exact) mass is 316 g/mol. The van der Waals surface area contributed by atoms with Crippen molar-refractivity contribution in [2.45, 2.75) is 24.3 Å². The third-order valence-electron chi connectivity index (χ3n) is 2.08. The predicted octanol–water partition coefficient (Wildman–Crippen LogP) is 1.73. The van der Waals surface area contributed by atoms with Crippen LogP contribution in [-0.4, -0.2) is 17.9 Å². The molecular weight excluding hydrogens is 304 g/mol. The Labute approximate surface area is 113 Å². The maximum Gasteiger partial charge on any atom is 0.252 e. The molecular formula is C11H13BrN2O2S. The molecule has 1 atom stereocenters. The molecule has 92 valence electrons. The first-order chi connectivity index (χ1) is 7.90. The van der Waals surface area contributed by atoms with E-state index in [1.165, 1.54) is 0 Å². The van der Waals surface area contributed by atoms with Gasteiger partial charge in [0.05, 0.1) is 5.56 Å². The Balaban J connectivity index is 2.76. The Morgan fingerprint density at radius 1 is 1.53 bits per heavy atom. The number of nitrogens with two attached hydrogens (primary N) is 1. The zero-order valence-corrected chi connectivity index (χ0v) is 11.7. The van der Waals surface area contributed by atoms with Gasteiger partial charge >= 0.3 is 0 Å². The van der Waals surface area contributed by atoms with E-state index >= 15 is 0 Å². The SMILES string of the molecule is CC(CC(N)=O)NC(=O)c1cc(S)ccc1Br. The Kier molecular flexibility index (Phi) is 5.02. The molecule has 1 aromatic carbocycles. The molecule has 0 saturated heterocycles. The Morgan fingerprint density at radius 3 is 2.76 bits per heavy atom. The third-order valence-corrected chi connectivity index (χ3v) is 3.05. The van der Waals surface area contributed by atoms with Gasteiger partial charge in [-0.3, -0.25) is 9.59 Å². The van der Waals surface area contributed by atoms with Crippen molar-refractivity contribution in [2.24, 2.45) is 5.73 Å². The summed E-state index contributed by atoms with van der Waals surface area (Å²) in [6, 6.07) is 4.88. The van der Waals surface area contributed by atoms with Crippen LogP contribution in [0.4, 0.5) is 0 Å². The number of hydrogen-bond acceptors (Lipinski definition) is 3. The van der Waals surface area contributed by atoms with Crippen LogP contribution in [0.15, 0.2) is 27.6 Å². The molecule has 17 heavy (non-hydrogen) atoms. The van der Waals surface area contributed by atoms with E-state index in [1.807, 2.05) is 0 Å². The van der Waals surface area contributed by atoms with E-state index in [-0.39, 0.29) is 18.4 Å². The van der Waals surface area contributed by atoms with E-state index in [9.17, 15) is 9.59 Å². The van der Waals surface area contributed by atoms with E-state index in [4.69, 9.17) is 5.73 Å². The summed E-state index contributed by atoms with van der Waals surface area (Å²) in [6.07, 6.45) is 0.115. The molecule has 0 aliphatic rings. The number of carbonyl (C=O) groups is 2. The Morgan fingerprint density at radius 2 is 2.18 bits per heavy atom. The van der Waals surface area contributed by atoms with Crippen molar-refractivity contribution in [2.75, 3.05) is 0 Å². The van der Waals surface area contributed by atoms with Crippen molar-refractivity contribution >= 4 is 40.4 Å². The minimum absolute atomic E-state index is 0.115. The maximum atomic E-state index is 11.9. The predicted molar refractivity (Wildman–Crippen MR) is 72.1 cm³/mol. The molecule has 0 spiro atoms. The van der Waals surface area contributed by atoms with E-state index in [2.05, 4.69) is 33.9 Å². The second-order valence-electron chi connectivity index (χ2n) is 3.71. The van der Waals surface area contributed by atoms with Crippen LogP contribution in [0, 0.1) is 0 Å². The summed E-state index contributed by atoms with van der Waals surface area (Å²) in [7, 11) is 0.